The van der Waals surface area contributed by atoms with E-state index < -0.39 is 0 Å². The first kappa shape index (κ1) is 9.67. The molecule has 3 heteroatoms. The minimum Gasteiger partial charge on any atom is -0.370 e. The van der Waals surface area contributed by atoms with Crippen molar-refractivity contribution in [2.75, 3.05) is 24.5 Å². The van der Waals surface area contributed by atoms with Crippen LogP contribution in [0.4, 0.5) is 5.69 Å². The van der Waals surface area contributed by atoms with Gasteiger partial charge in [0.05, 0.1) is 5.69 Å². The third kappa shape index (κ3) is 1.49. The molecule has 2 unspecified atom stereocenters. The van der Waals surface area contributed by atoms with Gasteiger partial charge >= 0.3 is 0 Å². The molecular formula is C12H15BrN2. The lowest BCUT2D eigenvalue weighted by molar-refractivity contribution is 0.647. The third-order valence-corrected chi connectivity index (χ3v) is 4.51. The number of benzene rings is 1. The molecule has 1 saturated heterocycles. The van der Waals surface area contributed by atoms with Gasteiger partial charge in [0.15, 0.2) is 0 Å². The van der Waals surface area contributed by atoms with Gasteiger partial charge in [0, 0.05) is 17.6 Å². The van der Waals surface area contributed by atoms with Crippen LogP contribution in [0, 0.1) is 17.8 Å². The van der Waals surface area contributed by atoms with Gasteiger partial charge in [-0.05, 0) is 52.4 Å². The molecule has 2 nitrogen and oxygen atoms in total. The van der Waals surface area contributed by atoms with Gasteiger partial charge in [0.1, 0.15) is 0 Å². The van der Waals surface area contributed by atoms with Crippen molar-refractivity contribution in [3.63, 3.8) is 0 Å². The number of rotatable bonds is 2. The molecule has 1 saturated carbocycles. The summed E-state index contributed by atoms with van der Waals surface area (Å²) >= 11 is 3.61. The Balaban J connectivity index is 1.75. The van der Waals surface area contributed by atoms with E-state index in [9.17, 15) is 0 Å². The molecule has 1 aromatic rings. The second-order valence-electron chi connectivity index (χ2n) is 4.58. The molecular weight excluding hydrogens is 252 g/mol. The predicted octanol–water partition coefficient (Wildman–Crippen LogP) is 2.09. The molecule has 2 N–H and O–H groups in total. The second kappa shape index (κ2) is 3.49. The summed E-state index contributed by atoms with van der Waals surface area (Å²) in [6.07, 6.45) is 0. The first-order valence-corrected chi connectivity index (χ1v) is 6.30. The van der Waals surface area contributed by atoms with Crippen molar-refractivity contribution in [1.29, 1.82) is 0 Å². The zero-order chi connectivity index (χ0) is 10.4. The molecule has 2 atom stereocenters. The zero-order valence-electron chi connectivity index (χ0n) is 8.57. The van der Waals surface area contributed by atoms with E-state index in [1.807, 2.05) is 0 Å². The van der Waals surface area contributed by atoms with E-state index in [0.717, 1.165) is 24.3 Å². The Labute approximate surface area is 98.6 Å². The summed E-state index contributed by atoms with van der Waals surface area (Å²) < 4.78 is 1.20. The number of halogens is 1. The van der Waals surface area contributed by atoms with Crippen molar-refractivity contribution < 1.29 is 0 Å². The van der Waals surface area contributed by atoms with Gasteiger partial charge in [-0.15, -0.1) is 0 Å². The predicted molar refractivity (Wildman–Crippen MR) is 65.9 cm³/mol. The zero-order valence-corrected chi connectivity index (χ0v) is 10.2. The van der Waals surface area contributed by atoms with Crippen LogP contribution < -0.4 is 10.6 Å². The minimum atomic E-state index is 0.809. The summed E-state index contributed by atoms with van der Waals surface area (Å²) in [4.78, 5) is 2.48. The largest absolute Gasteiger partial charge is 0.370 e. The van der Waals surface area contributed by atoms with E-state index in [2.05, 4.69) is 45.1 Å². The van der Waals surface area contributed by atoms with E-state index >= 15 is 0 Å². The third-order valence-electron chi connectivity index (χ3n) is 3.84. The van der Waals surface area contributed by atoms with Crippen LogP contribution in [0.3, 0.4) is 0 Å². The van der Waals surface area contributed by atoms with Crippen molar-refractivity contribution in [3.8, 4) is 0 Å². The van der Waals surface area contributed by atoms with Gasteiger partial charge in [-0.2, -0.15) is 0 Å². The molecule has 15 heavy (non-hydrogen) atoms. The average Bonchev–Trinajstić information content (AvgIpc) is 2.72. The van der Waals surface area contributed by atoms with Crippen LogP contribution in [0.15, 0.2) is 28.7 Å². The van der Waals surface area contributed by atoms with Crippen molar-refractivity contribution in [1.82, 2.24) is 0 Å². The summed E-state index contributed by atoms with van der Waals surface area (Å²) in [6.45, 7) is 3.25. The van der Waals surface area contributed by atoms with E-state index in [1.165, 1.54) is 23.2 Å². The number of hydrogen-bond donors (Lipinski definition) is 1. The molecule has 3 rings (SSSR count). The molecule has 0 spiro atoms. The lowest BCUT2D eigenvalue weighted by Gasteiger charge is -2.22. The van der Waals surface area contributed by atoms with Crippen LogP contribution in [-0.4, -0.2) is 19.6 Å². The summed E-state index contributed by atoms with van der Waals surface area (Å²) in [5.74, 6) is 2.54. The van der Waals surface area contributed by atoms with Crippen LogP contribution in [0.1, 0.15) is 0 Å². The normalized spacial score (nSPS) is 32.9. The highest BCUT2D eigenvalue weighted by atomic mass is 79.9. The van der Waals surface area contributed by atoms with Gasteiger partial charge in [-0.1, -0.05) is 12.1 Å². The smallest absolute Gasteiger partial charge is 0.0510 e. The van der Waals surface area contributed by atoms with Crippen molar-refractivity contribution in [3.05, 3.63) is 28.7 Å². The topological polar surface area (TPSA) is 29.3 Å². The summed E-state index contributed by atoms with van der Waals surface area (Å²) in [6, 6.07) is 8.46. The van der Waals surface area contributed by atoms with E-state index in [1.54, 1.807) is 0 Å². The van der Waals surface area contributed by atoms with Gasteiger partial charge in [0.2, 0.25) is 0 Å². The Morgan fingerprint density at radius 3 is 2.53 bits per heavy atom. The number of anilines is 1. The molecule has 1 aromatic carbocycles. The molecule has 0 aromatic heterocycles. The van der Waals surface area contributed by atoms with Gasteiger partial charge in [-0.25, -0.2) is 0 Å². The minimum absolute atomic E-state index is 0.809. The molecule has 1 aliphatic carbocycles. The van der Waals surface area contributed by atoms with Crippen LogP contribution in [0.5, 0.6) is 0 Å². The van der Waals surface area contributed by atoms with Crippen LogP contribution in [0.2, 0.25) is 0 Å². The van der Waals surface area contributed by atoms with Crippen molar-refractivity contribution >= 4 is 21.6 Å². The first-order chi connectivity index (χ1) is 7.31. The fourth-order valence-electron chi connectivity index (χ4n) is 2.90. The van der Waals surface area contributed by atoms with Gasteiger partial charge in [0.25, 0.3) is 0 Å². The fourth-order valence-corrected chi connectivity index (χ4v) is 3.44. The van der Waals surface area contributed by atoms with E-state index in [0.29, 0.717) is 0 Å². The quantitative estimate of drug-likeness (QED) is 0.889. The van der Waals surface area contributed by atoms with Gasteiger partial charge < -0.3 is 10.6 Å². The Bertz CT molecular complexity index is 368. The number of hydrogen-bond acceptors (Lipinski definition) is 2. The fraction of sp³-hybridized carbons (Fsp3) is 0.500. The first-order valence-electron chi connectivity index (χ1n) is 5.51. The lowest BCUT2D eigenvalue weighted by Crippen LogP contribution is -2.26. The van der Waals surface area contributed by atoms with Crippen LogP contribution in [0.25, 0.3) is 0 Å². The average molecular weight is 267 g/mol. The highest BCUT2D eigenvalue weighted by molar-refractivity contribution is 9.10. The molecule has 2 aliphatic rings. The van der Waals surface area contributed by atoms with E-state index in [4.69, 9.17) is 5.73 Å². The van der Waals surface area contributed by atoms with Crippen molar-refractivity contribution in [2.24, 2.45) is 23.5 Å². The lowest BCUT2D eigenvalue weighted by atomic mass is 10.2. The molecule has 2 fully saturated rings. The molecule has 80 valence electrons. The number of nitrogens with zero attached hydrogens (tertiary/aromatic N) is 1. The maximum atomic E-state index is 5.71. The van der Waals surface area contributed by atoms with Crippen LogP contribution in [-0.2, 0) is 0 Å². The summed E-state index contributed by atoms with van der Waals surface area (Å²) in [5.41, 5.74) is 7.04. The monoisotopic (exact) mass is 266 g/mol. The van der Waals surface area contributed by atoms with Crippen LogP contribution >= 0.6 is 15.9 Å². The van der Waals surface area contributed by atoms with E-state index in [-0.39, 0.29) is 0 Å². The Morgan fingerprint density at radius 2 is 1.93 bits per heavy atom. The summed E-state index contributed by atoms with van der Waals surface area (Å²) in [7, 11) is 0. The second-order valence-corrected chi connectivity index (χ2v) is 5.44. The summed E-state index contributed by atoms with van der Waals surface area (Å²) in [5, 5.41) is 0. The highest BCUT2D eigenvalue weighted by Gasteiger charge is 2.54. The number of nitrogens with two attached hydrogens (primary N) is 1. The molecule has 1 aliphatic heterocycles. The Morgan fingerprint density at radius 1 is 1.27 bits per heavy atom. The highest BCUT2D eigenvalue weighted by Crippen LogP contribution is 2.52. The van der Waals surface area contributed by atoms with Gasteiger partial charge in [-0.3, -0.25) is 0 Å². The molecule has 0 bridgehead atoms. The molecule has 0 amide bonds. The number of piperidine rings is 1. The number of fused-ring (bicyclic) bond motifs is 1. The number of para-hydroxylation sites is 1. The standard InChI is InChI=1S/C12H15BrN2/c13-11-3-1-2-4-12(11)15-6-9-8(5-14)10(9)7-15/h1-4,8-10H,5-7,14H2. The maximum absolute atomic E-state index is 5.71. The maximum Gasteiger partial charge on any atom is 0.0510 e. The molecule has 1 heterocycles. The Kier molecular flexibility index (Phi) is 2.25. The molecule has 0 radical (unpaired) electrons. The van der Waals surface area contributed by atoms with Crippen molar-refractivity contribution in [2.45, 2.75) is 0 Å². The Hall–Kier alpha value is -0.540. The SMILES string of the molecule is NCC1C2CN(c3ccccc3Br)CC12.